The van der Waals surface area contributed by atoms with E-state index in [4.69, 9.17) is 15.2 Å². The van der Waals surface area contributed by atoms with Crippen molar-refractivity contribution in [2.24, 2.45) is 11.7 Å². The van der Waals surface area contributed by atoms with E-state index in [2.05, 4.69) is 0 Å². The highest BCUT2D eigenvalue weighted by molar-refractivity contribution is 5.79. The van der Waals surface area contributed by atoms with Gasteiger partial charge in [-0.25, -0.2) is 0 Å². The Labute approximate surface area is 110 Å². The summed E-state index contributed by atoms with van der Waals surface area (Å²) in [5.74, 6) is 0.626. The summed E-state index contributed by atoms with van der Waals surface area (Å²) in [6.45, 7) is 5.56. The fraction of sp³-hybridized carbons (Fsp3) is 0.929. The molecule has 1 unspecified atom stereocenters. The van der Waals surface area contributed by atoms with Crippen molar-refractivity contribution in [3.05, 3.63) is 0 Å². The molecule has 1 atom stereocenters. The van der Waals surface area contributed by atoms with E-state index >= 15 is 0 Å². The molecule has 0 radical (unpaired) electrons. The van der Waals surface area contributed by atoms with Crippen molar-refractivity contribution < 1.29 is 14.3 Å². The number of hydrogen-bond donors (Lipinski definition) is 1. The molecular weight excluding hydrogens is 230 g/mol. The van der Waals surface area contributed by atoms with Crippen molar-refractivity contribution in [1.82, 2.24) is 0 Å². The molecule has 2 N–H and O–H groups in total. The van der Waals surface area contributed by atoms with E-state index in [0.29, 0.717) is 13.0 Å². The van der Waals surface area contributed by atoms with E-state index in [1.807, 2.05) is 0 Å². The molecule has 0 heterocycles. The Hall–Kier alpha value is -0.610. The molecular formula is C14H27NO3. The molecule has 0 aromatic carbocycles. The van der Waals surface area contributed by atoms with Gasteiger partial charge in [0, 0.05) is 13.2 Å². The summed E-state index contributed by atoms with van der Waals surface area (Å²) in [7, 11) is 0. The largest absolute Gasteiger partial charge is 0.465 e. The Morgan fingerprint density at radius 2 is 2.06 bits per heavy atom. The van der Waals surface area contributed by atoms with Crippen LogP contribution in [0.2, 0.25) is 0 Å². The van der Waals surface area contributed by atoms with Crippen molar-refractivity contribution in [3.8, 4) is 0 Å². The molecule has 0 aliphatic heterocycles. The fourth-order valence-electron chi connectivity index (χ4n) is 1.85. The summed E-state index contributed by atoms with van der Waals surface area (Å²) >= 11 is 0. The first-order chi connectivity index (χ1) is 8.56. The Morgan fingerprint density at radius 3 is 2.67 bits per heavy atom. The molecule has 1 fully saturated rings. The summed E-state index contributed by atoms with van der Waals surface area (Å²) in [6, 6.07) is 0. The molecule has 4 heteroatoms. The number of hydrogen-bond acceptors (Lipinski definition) is 4. The summed E-state index contributed by atoms with van der Waals surface area (Å²) < 4.78 is 10.5. The molecule has 0 spiro atoms. The first-order valence-electron chi connectivity index (χ1n) is 7.10. The Morgan fingerprint density at radius 1 is 1.33 bits per heavy atom. The van der Waals surface area contributed by atoms with Gasteiger partial charge in [0.25, 0.3) is 0 Å². The SMILES string of the molecule is CCOC(=O)C(C)(N)CCCCOCCC1CC1. The monoisotopic (exact) mass is 257 g/mol. The van der Waals surface area contributed by atoms with Gasteiger partial charge in [0.15, 0.2) is 0 Å². The minimum Gasteiger partial charge on any atom is -0.465 e. The molecule has 0 bridgehead atoms. The third kappa shape index (κ3) is 6.36. The second kappa shape index (κ2) is 7.74. The van der Waals surface area contributed by atoms with Gasteiger partial charge < -0.3 is 15.2 Å². The second-order valence-electron chi connectivity index (χ2n) is 5.44. The first kappa shape index (κ1) is 15.4. The summed E-state index contributed by atoms with van der Waals surface area (Å²) in [4.78, 5) is 11.5. The average Bonchev–Trinajstić information content (AvgIpc) is 3.12. The van der Waals surface area contributed by atoms with Crippen molar-refractivity contribution in [2.45, 2.75) is 57.9 Å². The van der Waals surface area contributed by atoms with Crippen LogP contribution in [0.25, 0.3) is 0 Å². The third-order valence-corrected chi connectivity index (χ3v) is 3.34. The highest BCUT2D eigenvalue weighted by Gasteiger charge is 2.29. The molecule has 18 heavy (non-hydrogen) atoms. The lowest BCUT2D eigenvalue weighted by Crippen LogP contribution is -2.46. The van der Waals surface area contributed by atoms with Gasteiger partial charge >= 0.3 is 5.97 Å². The van der Waals surface area contributed by atoms with Crippen molar-refractivity contribution >= 4 is 5.97 Å². The normalized spacial score (nSPS) is 18.4. The maximum atomic E-state index is 11.5. The van der Waals surface area contributed by atoms with Crippen LogP contribution in [-0.2, 0) is 14.3 Å². The zero-order valence-corrected chi connectivity index (χ0v) is 11.7. The van der Waals surface area contributed by atoms with Crippen LogP contribution in [-0.4, -0.2) is 31.3 Å². The van der Waals surface area contributed by atoms with Crippen molar-refractivity contribution in [2.75, 3.05) is 19.8 Å². The molecule has 1 rings (SSSR count). The van der Waals surface area contributed by atoms with Crippen LogP contribution < -0.4 is 5.73 Å². The van der Waals surface area contributed by atoms with Gasteiger partial charge in [-0.3, -0.25) is 4.79 Å². The van der Waals surface area contributed by atoms with Crippen LogP contribution in [0, 0.1) is 5.92 Å². The fourth-order valence-corrected chi connectivity index (χ4v) is 1.85. The minimum atomic E-state index is -0.857. The van der Waals surface area contributed by atoms with Gasteiger partial charge in [-0.15, -0.1) is 0 Å². The number of carbonyl (C=O) groups is 1. The molecule has 106 valence electrons. The predicted octanol–water partition coefficient (Wildman–Crippen LogP) is 2.25. The van der Waals surface area contributed by atoms with Crippen LogP contribution in [0.4, 0.5) is 0 Å². The van der Waals surface area contributed by atoms with Crippen molar-refractivity contribution in [1.29, 1.82) is 0 Å². The number of carbonyl (C=O) groups excluding carboxylic acids is 1. The Bertz CT molecular complexity index is 249. The maximum absolute atomic E-state index is 11.5. The van der Waals surface area contributed by atoms with E-state index in [1.54, 1.807) is 13.8 Å². The molecule has 0 aromatic rings. The maximum Gasteiger partial charge on any atom is 0.325 e. The van der Waals surface area contributed by atoms with Gasteiger partial charge in [-0.1, -0.05) is 12.8 Å². The number of rotatable bonds is 10. The van der Waals surface area contributed by atoms with E-state index in [0.717, 1.165) is 32.0 Å². The van der Waals surface area contributed by atoms with Crippen LogP contribution in [0.1, 0.15) is 52.4 Å². The summed E-state index contributed by atoms with van der Waals surface area (Å²) in [5.41, 5.74) is 5.06. The number of ether oxygens (including phenoxy) is 2. The van der Waals surface area contributed by atoms with Crippen LogP contribution in [0.3, 0.4) is 0 Å². The molecule has 4 nitrogen and oxygen atoms in total. The standard InChI is InChI=1S/C14H27NO3/c1-3-18-13(16)14(2,15)9-4-5-10-17-11-8-12-6-7-12/h12H,3-11,15H2,1-2H3. The van der Waals surface area contributed by atoms with Crippen LogP contribution >= 0.6 is 0 Å². The van der Waals surface area contributed by atoms with Gasteiger partial charge in [-0.2, -0.15) is 0 Å². The lowest BCUT2D eigenvalue weighted by atomic mass is 9.96. The van der Waals surface area contributed by atoms with Gasteiger partial charge in [0.05, 0.1) is 6.61 Å². The molecule has 0 aromatic heterocycles. The quantitative estimate of drug-likeness (QED) is 0.481. The van der Waals surface area contributed by atoms with Gasteiger partial charge in [0.2, 0.25) is 0 Å². The summed E-state index contributed by atoms with van der Waals surface area (Å²) in [6.07, 6.45) is 6.48. The molecule has 1 aliphatic rings. The Kier molecular flexibility index (Phi) is 6.65. The zero-order chi connectivity index (χ0) is 13.4. The van der Waals surface area contributed by atoms with E-state index < -0.39 is 5.54 Å². The van der Waals surface area contributed by atoms with E-state index in [1.165, 1.54) is 19.3 Å². The Balaban J connectivity index is 1.96. The lowest BCUT2D eigenvalue weighted by Gasteiger charge is -2.21. The second-order valence-corrected chi connectivity index (χ2v) is 5.44. The summed E-state index contributed by atoms with van der Waals surface area (Å²) in [5, 5.41) is 0. The minimum absolute atomic E-state index is 0.306. The topological polar surface area (TPSA) is 61.5 Å². The van der Waals surface area contributed by atoms with Gasteiger partial charge in [0.1, 0.15) is 5.54 Å². The molecule has 0 amide bonds. The van der Waals surface area contributed by atoms with Crippen molar-refractivity contribution in [3.63, 3.8) is 0 Å². The highest BCUT2D eigenvalue weighted by Crippen LogP contribution is 2.32. The predicted molar refractivity (Wildman–Crippen MR) is 71.2 cm³/mol. The molecule has 0 saturated heterocycles. The number of nitrogens with two attached hydrogens (primary N) is 1. The van der Waals surface area contributed by atoms with E-state index in [9.17, 15) is 4.79 Å². The first-order valence-corrected chi connectivity index (χ1v) is 7.10. The zero-order valence-electron chi connectivity index (χ0n) is 11.7. The smallest absolute Gasteiger partial charge is 0.325 e. The molecule has 1 saturated carbocycles. The van der Waals surface area contributed by atoms with Gasteiger partial charge in [-0.05, 0) is 45.4 Å². The van der Waals surface area contributed by atoms with E-state index in [-0.39, 0.29) is 5.97 Å². The highest BCUT2D eigenvalue weighted by atomic mass is 16.5. The lowest BCUT2D eigenvalue weighted by molar-refractivity contribution is -0.149. The number of esters is 1. The average molecular weight is 257 g/mol. The third-order valence-electron chi connectivity index (χ3n) is 3.34. The van der Waals surface area contributed by atoms with Crippen LogP contribution in [0.15, 0.2) is 0 Å². The number of unbranched alkanes of at least 4 members (excludes halogenated alkanes) is 1. The molecule has 1 aliphatic carbocycles. The van der Waals surface area contributed by atoms with Crippen LogP contribution in [0.5, 0.6) is 0 Å².